The Hall–Kier alpha value is -0.580. The maximum Gasteiger partial charge on any atom is 0.134 e. The first-order valence-corrected chi connectivity index (χ1v) is 8.31. The number of nitrogens with one attached hydrogen (secondary N) is 1. The molecule has 1 N–H and O–H groups in total. The molecule has 1 fully saturated rings. The maximum absolute atomic E-state index is 6.34. The standard InChI is InChI=1S/C16H22BrNO2/c1-2-7-18-14-10-16(6-3-8-19-11-16)20-15-5-4-12(17)9-13(14)15/h4-5,9,14,18H,2-3,6-8,10-11H2,1H3. The van der Waals surface area contributed by atoms with Gasteiger partial charge < -0.3 is 14.8 Å². The minimum Gasteiger partial charge on any atom is -0.484 e. The Labute approximate surface area is 129 Å². The van der Waals surface area contributed by atoms with E-state index in [9.17, 15) is 0 Å². The van der Waals surface area contributed by atoms with E-state index >= 15 is 0 Å². The molecule has 20 heavy (non-hydrogen) atoms. The minimum absolute atomic E-state index is 0.134. The molecule has 3 nitrogen and oxygen atoms in total. The lowest BCUT2D eigenvalue weighted by Gasteiger charge is -2.44. The number of rotatable bonds is 3. The SMILES string of the molecule is CCCNC1CC2(CCCOC2)Oc2ccc(Br)cc21. The third-order valence-corrected chi connectivity index (χ3v) is 4.67. The normalized spacial score (nSPS) is 29.0. The van der Waals surface area contributed by atoms with Crippen LogP contribution in [-0.4, -0.2) is 25.4 Å². The van der Waals surface area contributed by atoms with Gasteiger partial charge in [0.15, 0.2) is 0 Å². The first-order chi connectivity index (χ1) is 9.72. The number of halogens is 1. The highest BCUT2D eigenvalue weighted by Crippen LogP contribution is 2.43. The fourth-order valence-corrected chi connectivity index (χ4v) is 3.59. The number of ether oxygens (including phenoxy) is 2. The topological polar surface area (TPSA) is 30.5 Å². The molecule has 0 amide bonds. The highest BCUT2D eigenvalue weighted by molar-refractivity contribution is 9.10. The van der Waals surface area contributed by atoms with Crippen molar-refractivity contribution in [2.24, 2.45) is 0 Å². The summed E-state index contributed by atoms with van der Waals surface area (Å²) in [6, 6.07) is 6.67. The average Bonchev–Trinajstić information content (AvgIpc) is 2.46. The molecular weight excluding hydrogens is 318 g/mol. The molecule has 2 aliphatic heterocycles. The van der Waals surface area contributed by atoms with Crippen LogP contribution in [0, 0.1) is 0 Å². The van der Waals surface area contributed by atoms with Gasteiger partial charge in [0.05, 0.1) is 6.61 Å². The van der Waals surface area contributed by atoms with Gasteiger partial charge in [0.1, 0.15) is 11.4 Å². The van der Waals surface area contributed by atoms with E-state index in [4.69, 9.17) is 9.47 Å². The summed E-state index contributed by atoms with van der Waals surface area (Å²) in [7, 11) is 0. The Bertz CT molecular complexity index is 472. The molecule has 0 aromatic heterocycles. The highest BCUT2D eigenvalue weighted by atomic mass is 79.9. The molecule has 1 spiro atoms. The van der Waals surface area contributed by atoms with Crippen LogP contribution in [0.25, 0.3) is 0 Å². The van der Waals surface area contributed by atoms with Gasteiger partial charge in [0.2, 0.25) is 0 Å². The molecule has 0 saturated carbocycles. The van der Waals surface area contributed by atoms with Crippen LogP contribution in [0.5, 0.6) is 5.75 Å². The molecule has 4 heteroatoms. The van der Waals surface area contributed by atoms with Crippen LogP contribution in [0.1, 0.15) is 44.2 Å². The van der Waals surface area contributed by atoms with Crippen molar-refractivity contribution < 1.29 is 9.47 Å². The van der Waals surface area contributed by atoms with Crippen molar-refractivity contribution in [2.45, 2.75) is 44.2 Å². The molecule has 110 valence electrons. The zero-order valence-electron chi connectivity index (χ0n) is 12.0. The second kappa shape index (κ2) is 6.04. The van der Waals surface area contributed by atoms with E-state index in [1.165, 1.54) is 5.56 Å². The molecule has 0 bridgehead atoms. The predicted octanol–water partition coefficient (Wildman–Crippen LogP) is 3.82. The molecule has 2 heterocycles. The van der Waals surface area contributed by atoms with Crippen LogP contribution in [-0.2, 0) is 4.74 Å². The smallest absolute Gasteiger partial charge is 0.134 e. The lowest BCUT2D eigenvalue weighted by Crippen LogP contribution is -2.49. The van der Waals surface area contributed by atoms with Crippen molar-refractivity contribution >= 4 is 15.9 Å². The average molecular weight is 340 g/mol. The fourth-order valence-electron chi connectivity index (χ4n) is 3.21. The third kappa shape index (κ3) is 2.87. The second-order valence-electron chi connectivity index (χ2n) is 5.83. The lowest BCUT2D eigenvalue weighted by atomic mass is 9.83. The van der Waals surface area contributed by atoms with E-state index < -0.39 is 0 Å². The largest absolute Gasteiger partial charge is 0.484 e. The van der Waals surface area contributed by atoms with Gasteiger partial charge in [-0.3, -0.25) is 0 Å². The lowest BCUT2D eigenvalue weighted by molar-refractivity contribution is -0.0855. The van der Waals surface area contributed by atoms with E-state index in [2.05, 4.69) is 46.4 Å². The van der Waals surface area contributed by atoms with Gasteiger partial charge in [-0.1, -0.05) is 22.9 Å². The van der Waals surface area contributed by atoms with Gasteiger partial charge in [0.25, 0.3) is 0 Å². The Balaban J connectivity index is 1.90. The Morgan fingerprint density at radius 3 is 3.10 bits per heavy atom. The van der Waals surface area contributed by atoms with Crippen molar-refractivity contribution in [3.63, 3.8) is 0 Å². The van der Waals surface area contributed by atoms with Crippen molar-refractivity contribution in [1.82, 2.24) is 5.32 Å². The summed E-state index contributed by atoms with van der Waals surface area (Å²) in [4.78, 5) is 0. The summed E-state index contributed by atoms with van der Waals surface area (Å²) in [5.41, 5.74) is 1.13. The molecule has 2 aliphatic rings. The quantitative estimate of drug-likeness (QED) is 0.907. The van der Waals surface area contributed by atoms with Crippen LogP contribution in [0.2, 0.25) is 0 Å². The van der Waals surface area contributed by atoms with Crippen molar-refractivity contribution in [1.29, 1.82) is 0 Å². The van der Waals surface area contributed by atoms with E-state index in [-0.39, 0.29) is 5.60 Å². The number of hydrogen-bond acceptors (Lipinski definition) is 3. The number of fused-ring (bicyclic) bond motifs is 1. The Morgan fingerprint density at radius 1 is 1.45 bits per heavy atom. The Kier molecular flexibility index (Phi) is 4.34. The van der Waals surface area contributed by atoms with Crippen LogP contribution >= 0.6 is 15.9 Å². The van der Waals surface area contributed by atoms with Crippen LogP contribution < -0.4 is 10.1 Å². The first kappa shape index (κ1) is 14.4. The monoisotopic (exact) mass is 339 g/mol. The van der Waals surface area contributed by atoms with Crippen molar-refractivity contribution in [3.05, 3.63) is 28.2 Å². The molecule has 0 aliphatic carbocycles. The van der Waals surface area contributed by atoms with Gasteiger partial charge in [-0.25, -0.2) is 0 Å². The fraction of sp³-hybridized carbons (Fsp3) is 0.625. The van der Waals surface area contributed by atoms with E-state index in [1.54, 1.807) is 0 Å². The molecular formula is C16H22BrNO2. The molecule has 2 unspecified atom stereocenters. The minimum atomic E-state index is -0.134. The van der Waals surface area contributed by atoms with Crippen LogP contribution in [0.3, 0.4) is 0 Å². The molecule has 3 rings (SSSR count). The predicted molar refractivity (Wildman–Crippen MR) is 83.2 cm³/mol. The molecule has 1 aromatic carbocycles. The van der Waals surface area contributed by atoms with Gasteiger partial charge in [-0.2, -0.15) is 0 Å². The molecule has 0 radical (unpaired) electrons. The summed E-state index contributed by atoms with van der Waals surface area (Å²) in [6.07, 6.45) is 4.32. The molecule has 1 aromatic rings. The first-order valence-electron chi connectivity index (χ1n) is 7.52. The van der Waals surface area contributed by atoms with E-state index in [1.807, 2.05) is 0 Å². The summed E-state index contributed by atoms with van der Waals surface area (Å²) in [5.74, 6) is 1.01. The highest BCUT2D eigenvalue weighted by Gasteiger charge is 2.42. The zero-order chi connectivity index (χ0) is 14.0. The van der Waals surface area contributed by atoms with Gasteiger partial charge in [0, 0.05) is 29.1 Å². The summed E-state index contributed by atoms with van der Waals surface area (Å²) < 4.78 is 13.1. The number of hydrogen-bond donors (Lipinski definition) is 1. The third-order valence-electron chi connectivity index (χ3n) is 4.18. The van der Waals surface area contributed by atoms with Crippen molar-refractivity contribution in [3.8, 4) is 5.75 Å². The Morgan fingerprint density at radius 2 is 2.35 bits per heavy atom. The molecule has 2 atom stereocenters. The van der Waals surface area contributed by atoms with Gasteiger partial charge in [-0.15, -0.1) is 0 Å². The summed E-state index contributed by atoms with van der Waals surface area (Å²) in [5, 5.41) is 3.67. The van der Waals surface area contributed by atoms with Crippen LogP contribution in [0.4, 0.5) is 0 Å². The summed E-state index contributed by atoms with van der Waals surface area (Å²) in [6.45, 7) is 4.82. The van der Waals surface area contributed by atoms with E-state index in [0.717, 1.165) is 49.1 Å². The van der Waals surface area contributed by atoms with Crippen LogP contribution in [0.15, 0.2) is 22.7 Å². The molecule has 1 saturated heterocycles. The van der Waals surface area contributed by atoms with Gasteiger partial charge in [-0.05, 0) is 44.0 Å². The summed E-state index contributed by atoms with van der Waals surface area (Å²) >= 11 is 3.57. The van der Waals surface area contributed by atoms with E-state index in [0.29, 0.717) is 12.6 Å². The zero-order valence-corrected chi connectivity index (χ0v) is 13.5. The number of benzene rings is 1. The van der Waals surface area contributed by atoms with Gasteiger partial charge >= 0.3 is 0 Å². The second-order valence-corrected chi connectivity index (χ2v) is 6.75. The van der Waals surface area contributed by atoms with Crippen molar-refractivity contribution in [2.75, 3.05) is 19.8 Å². The maximum atomic E-state index is 6.34.